The van der Waals surface area contributed by atoms with Crippen molar-refractivity contribution >= 4 is 11.7 Å². The number of para-hydroxylation sites is 1. The van der Waals surface area contributed by atoms with Crippen molar-refractivity contribution < 1.29 is 13.6 Å². The summed E-state index contributed by atoms with van der Waals surface area (Å²) in [6.07, 6.45) is 2.87. The van der Waals surface area contributed by atoms with Crippen LogP contribution in [0.15, 0.2) is 91.1 Å². The Balaban J connectivity index is 1.52. The number of hydrogen-bond donors (Lipinski definition) is 1. The van der Waals surface area contributed by atoms with Crippen molar-refractivity contribution in [2.75, 3.05) is 5.32 Å². The number of nitrogens with one attached hydrogen (secondary N) is 1. The smallest absolute Gasteiger partial charge is 0.307 e. The highest BCUT2D eigenvalue weighted by Crippen LogP contribution is 2.39. The second-order valence-corrected chi connectivity index (χ2v) is 9.62. The molecule has 2 amide bonds. The molecule has 2 aromatic heterocycles. The van der Waals surface area contributed by atoms with E-state index >= 15 is 0 Å². The number of halogens is 2. The Morgan fingerprint density at radius 1 is 1.00 bits per heavy atom. The van der Waals surface area contributed by atoms with Gasteiger partial charge in [-0.25, -0.2) is 18.3 Å². The average Bonchev–Trinajstić information content (AvgIpc) is 3.51. The Morgan fingerprint density at radius 2 is 1.77 bits per heavy atom. The van der Waals surface area contributed by atoms with Crippen LogP contribution in [0.4, 0.5) is 19.3 Å². The van der Waals surface area contributed by atoms with E-state index in [1.54, 1.807) is 4.90 Å². The summed E-state index contributed by atoms with van der Waals surface area (Å²) >= 11 is 0. The van der Waals surface area contributed by atoms with Gasteiger partial charge in [-0.2, -0.15) is 5.10 Å². The first-order valence-corrected chi connectivity index (χ1v) is 12.9. The highest BCUT2D eigenvalue weighted by molar-refractivity contribution is 5.90. The zero-order valence-corrected chi connectivity index (χ0v) is 21.6. The van der Waals surface area contributed by atoms with Crippen molar-refractivity contribution in [3.63, 3.8) is 0 Å². The molecular formula is C31H27F2N5O. The third-order valence-corrected chi connectivity index (χ3v) is 7.22. The molecule has 39 heavy (non-hydrogen) atoms. The standard InChI is InChI=1S/C31H27F2N5O/c1-3-21-11-13-22(14-12-21)29-28-10-7-17-36(28)30-25(20(2)35-38(30)24-8-5-4-6-9-24)19-37(29)31(39)34-27-16-15-23(32)18-26(27)33/h4-18,29H,3,19H2,1-2H3,(H,34,39)/t29-/m0/s1. The normalized spacial score (nSPS) is 14.5. The zero-order valence-electron chi connectivity index (χ0n) is 21.6. The second-order valence-electron chi connectivity index (χ2n) is 9.62. The lowest BCUT2D eigenvalue weighted by atomic mass is 9.99. The number of nitrogens with zero attached hydrogens (tertiary/aromatic N) is 4. The van der Waals surface area contributed by atoms with Crippen molar-refractivity contribution in [3.05, 3.63) is 131 Å². The van der Waals surface area contributed by atoms with E-state index in [0.29, 0.717) is 0 Å². The fourth-order valence-electron chi connectivity index (χ4n) is 5.21. The molecule has 3 heterocycles. The molecule has 8 heteroatoms. The monoisotopic (exact) mass is 523 g/mol. The molecule has 1 N–H and O–H groups in total. The van der Waals surface area contributed by atoms with Gasteiger partial charge in [-0.3, -0.25) is 0 Å². The lowest BCUT2D eigenvalue weighted by molar-refractivity contribution is 0.194. The highest BCUT2D eigenvalue weighted by atomic mass is 19.1. The van der Waals surface area contributed by atoms with Crippen LogP contribution >= 0.6 is 0 Å². The van der Waals surface area contributed by atoms with Gasteiger partial charge < -0.3 is 14.8 Å². The molecule has 1 aliphatic rings. The number of anilines is 1. The number of fused-ring (bicyclic) bond motifs is 3. The summed E-state index contributed by atoms with van der Waals surface area (Å²) in [5.41, 5.74) is 5.44. The van der Waals surface area contributed by atoms with Crippen molar-refractivity contribution in [2.24, 2.45) is 0 Å². The van der Waals surface area contributed by atoms with Crippen LogP contribution in [-0.2, 0) is 13.0 Å². The van der Waals surface area contributed by atoms with Crippen LogP contribution in [0.2, 0.25) is 0 Å². The van der Waals surface area contributed by atoms with Crippen molar-refractivity contribution in [3.8, 4) is 11.5 Å². The Kier molecular flexibility index (Phi) is 6.23. The Morgan fingerprint density at radius 3 is 2.49 bits per heavy atom. The molecule has 1 atom stereocenters. The molecule has 0 spiro atoms. The van der Waals surface area contributed by atoms with E-state index in [1.165, 1.54) is 11.6 Å². The lowest BCUT2D eigenvalue weighted by Gasteiger charge is -2.31. The van der Waals surface area contributed by atoms with Gasteiger partial charge in [0.05, 0.1) is 35.3 Å². The predicted octanol–water partition coefficient (Wildman–Crippen LogP) is 6.95. The highest BCUT2D eigenvalue weighted by Gasteiger charge is 2.36. The van der Waals surface area contributed by atoms with E-state index in [0.717, 1.165) is 52.6 Å². The Hall–Kier alpha value is -4.72. The van der Waals surface area contributed by atoms with Crippen LogP contribution in [0, 0.1) is 18.6 Å². The lowest BCUT2D eigenvalue weighted by Crippen LogP contribution is -2.38. The third-order valence-electron chi connectivity index (χ3n) is 7.22. The summed E-state index contributed by atoms with van der Waals surface area (Å²) < 4.78 is 32.1. The molecule has 3 aromatic carbocycles. The van der Waals surface area contributed by atoms with Crippen LogP contribution in [0.5, 0.6) is 0 Å². The van der Waals surface area contributed by atoms with E-state index in [1.807, 2.05) is 72.4 Å². The van der Waals surface area contributed by atoms with Crippen molar-refractivity contribution in [1.82, 2.24) is 19.2 Å². The van der Waals surface area contributed by atoms with Gasteiger partial charge in [-0.1, -0.05) is 49.4 Å². The molecule has 6 nitrogen and oxygen atoms in total. The van der Waals surface area contributed by atoms with Crippen molar-refractivity contribution in [2.45, 2.75) is 32.9 Å². The number of benzene rings is 3. The van der Waals surface area contributed by atoms with Crippen LogP contribution in [0.3, 0.4) is 0 Å². The minimum absolute atomic E-state index is 0.0852. The molecule has 0 unspecified atom stereocenters. The summed E-state index contributed by atoms with van der Waals surface area (Å²) in [7, 11) is 0. The Labute approximate surface area is 225 Å². The van der Waals surface area contributed by atoms with E-state index < -0.39 is 23.7 Å². The van der Waals surface area contributed by atoms with Crippen LogP contribution in [0.25, 0.3) is 11.5 Å². The van der Waals surface area contributed by atoms with Gasteiger partial charge in [-0.15, -0.1) is 0 Å². The molecular weight excluding hydrogens is 496 g/mol. The van der Waals surface area contributed by atoms with E-state index in [2.05, 4.69) is 28.9 Å². The van der Waals surface area contributed by atoms with Crippen LogP contribution in [0.1, 0.15) is 41.0 Å². The van der Waals surface area contributed by atoms with Gasteiger partial charge in [0.2, 0.25) is 0 Å². The minimum atomic E-state index is -0.834. The number of aryl methyl sites for hydroxylation is 2. The summed E-state index contributed by atoms with van der Waals surface area (Å²) in [5, 5.41) is 7.52. The Bertz CT molecular complexity index is 1660. The van der Waals surface area contributed by atoms with Crippen LogP contribution < -0.4 is 5.32 Å². The quantitative estimate of drug-likeness (QED) is 0.277. The van der Waals surface area contributed by atoms with E-state index in [9.17, 15) is 13.6 Å². The van der Waals surface area contributed by atoms with Gasteiger partial charge in [0.1, 0.15) is 17.5 Å². The fourth-order valence-corrected chi connectivity index (χ4v) is 5.21. The molecule has 196 valence electrons. The number of carbonyl (C=O) groups excluding carboxylic acids is 1. The summed E-state index contributed by atoms with van der Waals surface area (Å²) in [6.45, 7) is 4.25. The van der Waals surface area contributed by atoms with Gasteiger partial charge >= 0.3 is 6.03 Å². The predicted molar refractivity (Wildman–Crippen MR) is 146 cm³/mol. The van der Waals surface area contributed by atoms with E-state index in [-0.39, 0.29) is 12.2 Å². The van der Waals surface area contributed by atoms with Gasteiger partial charge in [0, 0.05) is 17.8 Å². The summed E-state index contributed by atoms with van der Waals surface area (Å²) in [6, 6.07) is 24.1. The SMILES string of the molecule is CCc1ccc([C@H]2c3cccn3-c3c(c(C)nn3-c3ccccc3)CN2C(=O)Nc2ccc(F)cc2F)cc1. The number of hydrogen-bond acceptors (Lipinski definition) is 2. The average molecular weight is 524 g/mol. The number of aromatic nitrogens is 3. The maximum absolute atomic E-state index is 14.6. The molecule has 0 saturated carbocycles. The molecule has 0 fully saturated rings. The zero-order chi connectivity index (χ0) is 27.1. The molecule has 0 saturated heterocycles. The second kappa shape index (κ2) is 9.87. The first kappa shape index (κ1) is 24.6. The summed E-state index contributed by atoms with van der Waals surface area (Å²) in [4.78, 5) is 15.6. The number of carbonyl (C=O) groups is 1. The van der Waals surface area contributed by atoms with Crippen LogP contribution in [-0.4, -0.2) is 25.3 Å². The van der Waals surface area contributed by atoms with E-state index in [4.69, 9.17) is 5.10 Å². The number of rotatable bonds is 4. The van der Waals surface area contributed by atoms with Gasteiger partial charge in [0.15, 0.2) is 0 Å². The molecule has 6 rings (SSSR count). The molecule has 1 aliphatic heterocycles. The third kappa shape index (κ3) is 4.37. The minimum Gasteiger partial charge on any atom is -0.307 e. The number of amides is 2. The van der Waals surface area contributed by atoms with Gasteiger partial charge in [0.25, 0.3) is 0 Å². The molecule has 0 radical (unpaired) electrons. The first-order chi connectivity index (χ1) is 18.9. The summed E-state index contributed by atoms with van der Waals surface area (Å²) in [5.74, 6) is -0.697. The fraction of sp³-hybridized carbons (Fsp3) is 0.161. The first-order valence-electron chi connectivity index (χ1n) is 12.9. The maximum atomic E-state index is 14.6. The largest absolute Gasteiger partial charge is 0.323 e. The van der Waals surface area contributed by atoms with Crippen molar-refractivity contribution in [1.29, 1.82) is 0 Å². The molecule has 0 aliphatic carbocycles. The number of urea groups is 1. The maximum Gasteiger partial charge on any atom is 0.323 e. The molecule has 0 bridgehead atoms. The topological polar surface area (TPSA) is 55.1 Å². The molecule has 5 aromatic rings. The van der Waals surface area contributed by atoms with Gasteiger partial charge in [-0.05, 0) is 60.9 Å².